The van der Waals surface area contributed by atoms with Gasteiger partial charge in [0.05, 0.1) is 41.3 Å². The van der Waals surface area contributed by atoms with E-state index in [4.69, 9.17) is 4.74 Å². The van der Waals surface area contributed by atoms with Crippen LogP contribution in [0.15, 0.2) is 36.4 Å². The summed E-state index contributed by atoms with van der Waals surface area (Å²) in [6.07, 6.45) is 0. The molecular formula is C23H23FN2O3Si. The molecule has 2 aromatic rings. The molecule has 0 radical (unpaired) electrons. The first kappa shape index (κ1) is 20.3. The molecule has 5 nitrogen and oxygen atoms in total. The number of hydrogen-bond acceptors (Lipinski definition) is 4. The number of morpholine rings is 1. The first-order chi connectivity index (χ1) is 14.3. The summed E-state index contributed by atoms with van der Waals surface area (Å²) >= 11 is 0. The van der Waals surface area contributed by atoms with Gasteiger partial charge in [-0.3, -0.25) is 9.59 Å². The largest absolute Gasteiger partial charge is 0.378 e. The van der Waals surface area contributed by atoms with Crippen molar-refractivity contribution in [1.29, 1.82) is 0 Å². The van der Waals surface area contributed by atoms with Gasteiger partial charge in [-0.15, -0.1) is 5.54 Å². The minimum Gasteiger partial charge on any atom is -0.378 e. The van der Waals surface area contributed by atoms with Gasteiger partial charge in [0.2, 0.25) is 0 Å². The molecule has 2 aromatic carbocycles. The van der Waals surface area contributed by atoms with Crippen LogP contribution in [0.1, 0.15) is 26.3 Å². The molecule has 7 heteroatoms. The number of nitrogens with zero attached hydrogens (tertiary/aromatic N) is 2. The van der Waals surface area contributed by atoms with E-state index < -0.39 is 25.7 Å². The summed E-state index contributed by atoms with van der Waals surface area (Å²) < 4.78 is 20.6. The number of carbonyl (C=O) groups is 2. The van der Waals surface area contributed by atoms with Gasteiger partial charge in [0.25, 0.3) is 11.8 Å². The van der Waals surface area contributed by atoms with E-state index in [1.807, 2.05) is 0 Å². The second-order valence-corrected chi connectivity index (χ2v) is 13.2. The number of hydrogen-bond donors (Lipinski definition) is 0. The highest BCUT2D eigenvalue weighted by Gasteiger charge is 2.38. The molecule has 30 heavy (non-hydrogen) atoms. The Balaban J connectivity index is 1.83. The number of anilines is 2. The van der Waals surface area contributed by atoms with E-state index in [1.165, 1.54) is 6.07 Å². The van der Waals surface area contributed by atoms with E-state index >= 15 is 4.39 Å². The Kier molecular flexibility index (Phi) is 5.22. The van der Waals surface area contributed by atoms with Gasteiger partial charge in [-0.1, -0.05) is 37.7 Å². The Labute approximate surface area is 176 Å². The van der Waals surface area contributed by atoms with Crippen LogP contribution in [-0.4, -0.2) is 46.2 Å². The standard InChI is InChI=1S/C23H23FN2O3Si/c1-30(2,3)13-8-16-14-19(24)21(15-20(16)25-9-11-29-12-10-25)26-22(27)17-6-4-5-7-18(17)23(26)28/h4-7,14-15H,9-12H2,1-3H3. The maximum atomic E-state index is 15.2. The van der Waals surface area contributed by atoms with Crippen molar-refractivity contribution < 1.29 is 18.7 Å². The smallest absolute Gasteiger partial charge is 0.266 e. The molecule has 154 valence electrons. The lowest BCUT2D eigenvalue weighted by Crippen LogP contribution is -2.37. The summed E-state index contributed by atoms with van der Waals surface area (Å²) in [6.45, 7) is 8.75. The number of amides is 2. The number of fused-ring (bicyclic) bond motifs is 1. The highest BCUT2D eigenvalue weighted by molar-refractivity contribution is 6.83. The number of halogens is 1. The lowest BCUT2D eigenvalue weighted by atomic mass is 10.1. The van der Waals surface area contributed by atoms with Crippen LogP contribution in [0.25, 0.3) is 0 Å². The zero-order chi connectivity index (χ0) is 21.5. The molecule has 4 rings (SSSR count). The lowest BCUT2D eigenvalue weighted by molar-refractivity contribution is 0.0924. The van der Waals surface area contributed by atoms with E-state index in [-0.39, 0.29) is 16.8 Å². The minimum absolute atomic E-state index is 0.0405. The van der Waals surface area contributed by atoms with E-state index in [9.17, 15) is 9.59 Å². The molecule has 2 amide bonds. The summed E-state index contributed by atoms with van der Waals surface area (Å²) in [5.74, 6) is 1.49. The number of carbonyl (C=O) groups excluding carboxylic acids is 2. The fourth-order valence-corrected chi connectivity index (χ4v) is 4.06. The van der Waals surface area contributed by atoms with Crippen LogP contribution in [0.5, 0.6) is 0 Å². The minimum atomic E-state index is -1.68. The quantitative estimate of drug-likeness (QED) is 0.421. The van der Waals surface area contributed by atoms with Crippen LogP contribution in [0.2, 0.25) is 19.6 Å². The SMILES string of the molecule is C[Si](C)(C)C#Cc1cc(F)c(N2C(=O)c3ccccc3C2=O)cc1N1CCOCC1. The van der Waals surface area contributed by atoms with E-state index in [0.717, 1.165) is 10.6 Å². The van der Waals surface area contributed by atoms with Crippen molar-refractivity contribution >= 4 is 31.3 Å². The highest BCUT2D eigenvalue weighted by atomic mass is 28.3. The fourth-order valence-electron chi connectivity index (χ4n) is 3.55. The second-order valence-electron chi connectivity index (χ2n) is 8.41. The second kappa shape index (κ2) is 7.71. The Morgan fingerprint density at radius 3 is 2.13 bits per heavy atom. The van der Waals surface area contributed by atoms with E-state index in [2.05, 4.69) is 36.0 Å². The molecule has 0 aliphatic carbocycles. The third-order valence-corrected chi connectivity index (χ3v) is 5.90. The molecule has 1 saturated heterocycles. The topological polar surface area (TPSA) is 49.9 Å². The van der Waals surface area contributed by atoms with E-state index in [0.29, 0.717) is 31.9 Å². The number of rotatable bonds is 2. The first-order valence-electron chi connectivity index (χ1n) is 9.93. The van der Waals surface area contributed by atoms with Gasteiger partial charge in [-0.05, 0) is 24.3 Å². The normalized spacial score (nSPS) is 16.4. The Hall–Kier alpha value is -2.95. The number of imide groups is 1. The third-order valence-electron chi connectivity index (χ3n) is 5.02. The van der Waals surface area contributed by atoms with E-state index in [1.54, 1.807) is 30.3 Å². The first-order valence-corrected chi connectivity index (χ1v) is 13.4. The average Bonchev–Trinajstić information content (AvgIpc) is 2.97. The Morgan fingerprint density at radius 1 is 0.967 bits per heavy atom. The van der Waals surface area contributed by atoms with Crippen molar-refractivity contribution in [2.24, 2.45) is 0 Å². The van der Waals surface area contributed by atoms with Crippen LogP contribution in [0.3, 0.4) is 0 Å². The average molecular weight is 423 g/mol. The van der Waals surface area contributed by atoms with Crippen molar-refractivity contribution in [3.05, 3.63) is 58.9 Å². The molecule has 1 fully saturated rings. The molecule has 0 bridgehead atoms. The van der Waals surface area contributed by atoms with Crippen molar-refractivity contribution in [3.8, 4) is 11.5 Å². The van der Waals surface area contributed by atoms with Gasteiger partial charge in [0, 0.05) is 13.1 Å². The van der Waals surface area contributed by atoms with Crippen LogP contribution in [-0.2, 0) is 4.74 Å². The van der Waals surface area contributed by atoms with Crippen molar-refractivity contribution in [2.75, 3.05) is 36.1 Å². The summed E-state index contributed by atoms with van der Waals surface area (Å²) in [5, 5.41) is 0. The molecule has 2 aliphatic heterocycles. The van der Waals surface area contributed by atoms with Crippen molar-refractivity contribution in [1.82, 2.24) is 0 Å². The molecule has 0 saturated carbocycles. The lowest BCUT2D eigenvalue weighted by Gasteiger charge is -2.31. The van der Waals surface area contributed by atoms with Crippen molar-refractivity contribution in [3.63, 3.8) is 0 Å². The van der Waals surface area contributed by atoms with Crippen LogP contribution in [0, 0.1) is 17.3 Å². The monoisotopic (exact) mass is 422 g/mol. The predicted molar refractivity (Wildman–Crippen MR) is 117 cm³/mol. The third kappa shape index (κ3) is 3.76. The summed E-state index contributed by atoms with van der Waals surface area (Å²) in [7, 11) is -1.68. The predicted octanol–water partition coefficient (Wildman–Crippen LogP) is 3.69. The van der Waals surface area contributed by atoms with Crippen LogP contribution in [0.4, 0.5) is 15.8 Å². The van der Waals surface area contributed by atoms with Gasteiger partial charge in [0.1, 0.15) is 13.9 Å². The fraction of sp³-hybridized carbons (Fsp3) is 0.304. The molecule has 0 spiro atoms. The maximum absolute atomic E-state index is 15.2. The molecule has 0 aromatic heterocycles. The van der Waals surface area contributed by atoms with Crippen LogP contribution >= 0.6 is 0 Å². The summed E-state index contributed by atoms with van der Waals surface area (Å²) in [4.78, 5) is 28.7. The summed E-state index contributed by atoms with van der Waals surface area (Å²) in [6, 6.07) is 9.48. The molecular weight excluding hydrogens is 399 g/mol. The van der Waals surface area contributed by atoms with Gasteiger partial charge >= 0.3 is 0 Å². The molecule has 0 unspecified atom stereocenters. The molecule has 2 aliphatic rings. The molecule has 2 heterocycles. The zero-order valence-electron chi connectivity index (χ0n) is 17.3. The van der Waals surface area contributed by atoms with Gasteiger partial charge in [-0.25, -0.2) is 9.29 Å². The Bertz CT molecular complexity index is 1060. The number of benzene rings is 2. The zero-order valence-corrected chi connectivity index (χ0v) is 18.3. The van der Waals surface area contributed by atoms with Crippen LogP contribution < -0.4 is 9.80 Å². The van der Waals surface area contributed by atoms with Gasteiger partial charge in [0.15, 0.2) is 0 Å². The highest BCUT2D eigenvalue weighted by Crippen LogP contribution is 2.35. The molecule has 0 N–H and O–H groups in total. The maximum Gasteiger partial charge on any atom is 0.266 e. The van der Waals surface area contributed by atoms with Gasteiger partial charge in [-0.2, -0.15) is 0 Å². The summed E-state index contributed by atoms with van der Waals surface area (Å²) in [5.41, 5.74) is 5.11. The van der Waals surface area contributed by atoms with Crippen molar-refractivity contribution in [2.45, 2.75) is 19.6 Å². The molecule has 0 atom stereocenters. The van der Waals surface area contributed by atoms with Gasteiger partial charge < -0.3 is 9.64 Å². The Morgan fingerprint density at radius 2 is 1.57 bits per heavy atom. The number of ether oxygens (including phenoxy) is 1.